The molecule has 2 N–H and O–H groups in total. The Hall–Kier alpha value is -1.68. The van der Waals surface area contributed by atoms with Crippen LogP contribution >= 0.6 is 11.6 Å². The lowest BCUT2D eigenvalue weighted by molar-refractivity contribution is -0.137. The summed E-state index contributed by atoms with van der Waals surface area (Å²) in [6.45, 7) is 0. The number of rotatable bonds is 1. The Morgan fingerprint density at radius 1 is 1.00 bits per heavy atom. The van der Waals surface area contributed by atoms with Crippen LogP contribution in [0, 0.1) is 0 Å². The topological polar surface area (TPSA) is 26.0 Å². The van der Waals surface area contributed by atoms with Crippen molar-refractivity contribution >= 4 is 17.3 Å². The second-order valence-electron chi connectivity index (χ2n) is 3.82. The fourth-order valence-electron chi connectivity index (χ4n) is 1.75. The third-order valence-electron chi connectivity index (χ3n) is 2.46. The molecule has 0 amide bonds. The molecular weight excluding hydrogens is 263 g/mol. The Balaban J connectivity index is 2.64. The van der Waals surface area contributed by atoms with Gasteiger partial charge in [0.15, 0.2) is 0 Å². The summed E-state index contributed by atoms with van der Waals surface area (Å²) >= 11 is 5.81. The highest BCUT2D eigenvalue weighted by Crippen LogP contribution is 2.38. The van der Waals surface area contributed by atoms with Gasteiger partial charge in [-0.2, -0.15) is 13.2 Å². The Bertz CT molecular complexity index is 558. The first-order valence-electron chi connectivity index (χ1n) is 5.10. The average Bonchev–Trinajstić information content (AvgIpc) is 2.26. The van der Waals surface area contributed by atoms with E-state index in [1.54, 1.807) is 6.07 Å². The summed E-state index contributed by atoms with van der Waals surface area (Å²) in [5, 5.41) is 0.307. The molecule has 0 spiro atoms. The minimum atomic E-state index is -4.41. The molecule has 0 radical (unpaired) electrons. The van der Waals surface area contributed by atoms with Gasteiger partial charge < -0.3 is 5.73 Å². The van der Waals surface area contributed by atoms with Gasteiger partial charge in [-0.15, -0.1) is 0 Å². The Morgan fingerprint density at radius 2 is 1.67 bits per heavy atom. The molecule has 0 heterocycles. The van der Waals surface area contributed by atoms with Gasteiger partial charge >= 0.3 is 6.18 Å². The summed E-state index contributed by atoms with van der Waals surface area (Å²) in [7, 11) is 0. The van der Waals surface area contributed by atoms with Crippen LogP contribution in [-0.2, 0) is 6.18 Å². The molecule has 2 rings (SSSR count). The minimum Gasteiger partial charge on any atom is -0.399 e. The van der Waals surface area contributed by atoms with E-state index in [1.807, 2.05) is 0 Å². The molecule has 18 heavy (non-hydrogen) atoms. The predicted octanol–water partition coefficient (Wildman–Crippen LogP) is 4.61. The molecule has 0 bridgehead atoms. The van der Waals surface area contributed by atoms with Crippen molar-refractivity contribution in [1.82, 2.24) is 0 Å². The maximum absolute atomic E-state index is 12.9. The van der Waals surface area contributed by atoms with Crippen LogP contribution in [0.25, 0.3) is 11.1 Å². The molecule has 0 atom stereocenters. The molecule has 0 saturated carbocycles. The monoisotopic (exact) mass is 271 g/mol. The summed E-state index contributed by atoms with van der Waals surface area (Å²) in [6, 6.07) is 9.74. The SMILES string of the molecule is Nc1cc(Cl)cc(-c2ccccc2C(F)(F)F)c1. The molecule has 0 unspecified atom stereocenters. The van der Waals surface area contributed by atoms with E-state index in [1.165, 1.54) is 30.3 Å². The van der Waals surface area contributed by atoms with Gasteiger partial charge in [-0.25, -0.2) is 0 Å². The molecule has 0 aliphatic rings. The van der Waals surface area contributed by atoms with E-state index in [2.05, 4.69) is 0 Å². The Morgan fingerprint density at radius 3 is 2.28 bits per heavy atom. The molecule has 0 fully saturated rings. The number of nitrogen functional groups attached to an aromatic ring is 1. The fraction of sp³-hybridized carbons (Fsp3) is 0.0769. The second-order valence-corrected chi connectivity index (χ2v) is 4.25. The van der Waals surface area contributed by atoms with E-state index in [-0.39, 0.29) is 5.56 Å². The van der Waals surface area contributed by atoms with Gasteiger partial charge in [-0.1, -0.05) is 29.8 Å². The first kappa shape index (κ1) is 12.8. The maximum atomic E-state index is 12.9. The van der Waals surface area contributed by atoms with Crippen LogP contribution in [0.4, 0.5) is 18.9 Å². The van der Waals surface area contributed by atoms with Gasteiger partial charge in [-0.3, -0.25) is 0 Å². The second kappa shape index (κ2) is 4.53. The van der Waals surface area contributed by atoms with Crippen LogP contribution in [0.5, 0.6) is 0 Å². The first-order valence-corrected chi connectivity index (χ1v) is 5.48. The lowest BCUT2D eigenvalue weighted by atomic mass is 9.99. The fourth-order valence-corrected chi connectivity index (χ4v) is 1.99. The number of alkyl halides is 3. The highest BCUT2D eigenvalue weighted by molar-refractivity contribution is 6.31. The van der Waals surface area contributed by atoms with Gasteiger partial charge in [-0.05, 0) is 35.4 Å². The highest BCUT2D eigenvalue weighted by Gasteiger charge is 2.33. The third kappa shape index (κ3) is 2.59. The van der Waals surface area contributed by atoms with Crippen molar-refractivity contribution in [1.29, 1.82) is 0 Å². The van der Waals surface area contributed by atoms with Crippen LogP contribution in [0.1, 0.15) is 5.56 Å². The molecule has 0 aliphatic carbocycles. The average molecular weight is 272 g/mol. The zero-order valence-electron chi connectivity index (χ0n) is 9.13. The van der Waals surface area contributed by atoms with Crippen molar-refractivity contribution in [2.24, 2.45) is 0 Å². The largest absolute Gasteiger partial charge is 0.417 e. The van der Waals surface area contributed by atoms with E-state index >= 15 is 0 Å². The highest BCUT2D eigenvalue weighted by atomic mass is 35.5. The quantitative estimate of drug-likeness (QED) is 0.753. The van der Waals surface area contributed by atoms with Crippen molar-refractivity contribution < 1.29 is 13.2 Å². The van der Waals surface area contributed by atoms with Gasteiger partial charge in [0.05, 0.1) is 5.56 Å². The van der Waals surface area contributed by atoms with Crippen LogP contribution < -0.4 is 5.73 Å². The molecule has 0 aromatic heterocycles. The standard InChI is InChI=1S/C13H9ClF3N/c14-9-5-8(6-10(18)7-9)11-3-1-2-4-12(11)13(15,16)17/h1-7H,18H2. The third-order valence-corrected chi connectivity index (χ3v) is 2.68. The maximum Gasteiger partial charge on any atom is 0.417 e. The van der Waals surface area contributed by atoms with Crippen molar-refractivity contribution in [3.63, 3.8) is 0 Å². The van der Waals surface area contributed by atoms with Crippen LogP contribution in [0.15, 0.2) is 42.5 Å². The summed E-state index contributed by atoms with van der Waals surface area (Å²) in [4.78, 5) is 0. The van der Waals surface area contributed by atoms with E-state index in [9.17, 15) is 13.2 Å². The van der Waals surface area contributed by atoms with Crippen molar-refractivity contribution in [2.45, 2.75) is 6.18 Å². The number of halogens is 4. The number of anilines is 1. The molecule has 5 heteroatoms. The molecule has 0 aliphatic heterocycles. The van der Waals surface area contributed by atoms with E-state index in [4.69, 9.17) is 17.3 Å². The normalized spacial score (nSPS) is 11.6. The van der Waals surface area contributed by atoms with Gasteiger partial charge in [0.25, 0.3) is 0 Å². The molecule has 94 valence electrons. The number of nitrogens with two attached hydrogens (primary N) is 1. The van der Waals surface area contributed by atoms with Gasteiger partial charge in [0.2, 0.25) is 0 Å². The molecule has 2 aromatic rings. The molecular formula is C13H9ClF3N. The minimum absolute atomic E-state index is 0.0687. The smallest absolute Gasteiger partial charge is 0.399 e. The van der Waals surface area contributed by atoms with Gasteiger partial charge in [0, 0.05) is 10.7 Å². The van der Waals surface area contributed by atoms with Crippen molar-refractivity contribution in [3.8, 4) is 11.1 Å². The van der Waals surface area contributed by atoms with Crippen molar-refractivity contribution in [2.75, 3.05) is 5.73 Å². The lowest BCUT2D eigenvalue weighted by Gasteiger charge is -2.13. The summed E-state index contributed by atoms with van der Waals surface area (Å²) in [5.74, 6) is 0. The zero-order valence-corrected chi connectivity index (χ0v) is 9.89. The number of benzene rings is 2. The van der Waals surface area contributed by atoms with E-state index in [0.29, 0.717) is 16.3 Å². The summed E-state index contributed by atoms with van der Waals surface area (Å²) in [5.41, 5.74) is 5.64. The molecule has 2 aromatic carbocycles. The first-order chi connectivity index (χ1) is 8.38. The number of hydrogen-bond donors (Lipinski definition) is 1. The molecule has 0 saturated heterocycles. The van der Waals surface area contributed by atoms with E-state index < -0.39 is 11.7 Å². The summed E-state index contributed by atoms with van der Waals surface area (Å²) in [6.07, 6.45) is -4.41. The van der Waals surface area contributed by atoms with Crippen LogP contribution in [0.3, 0.4) is 0 Å². The van der Waals surface area contributed by atoms with Gasteiger partial charge in [0.1, 0.15) is 0 Å². The van der Waals surface area contributed by atoms with Crippen LogP contribution in [0.2, 0.25) is 5.02 Å². The Labute approximate surface area is 107 Å². The lowest BCUT2D eigenvalue weighted by Crippen LogP contribution is -2.06. The summed E-state index contributed by atoms with van der Waals surface area (Å²) < 4.78 is 38.6. The van der Waals surface area contributed by atoms with Crippen LogP contribution in [-0.4, -0.2) is 0 Å². The van der Waals surface area contributed by atoms with Crippen molar-refractivity contribution in [3.05, 3.63) is 53.1 Å². The Kier molecular flexibility index (Phi) is 3.22. The number of hydrogen-bond acceptors (Lipinski definition) is 1. The van der Waals surface area contributed by atoms with E-state index in [0.717, 1.165) is 6.07 Å². The molecule has 1 nitrogen and oxygen atoms in total. The zero-order chi connectivity index (χ0) is 13.3. The predicted molar refractivity (Wildman–Crippen MR) is 66.3 cm³/mol.